The number of ether oxygens (including phenoxy) is 2. The Kier molecular flexibility index (Phi) is 5.82. The second kappa shape index (κ2) is 8.27. The zero-order valence-corrected chi connectivity index (χ0v) is 15.6. The van der Waals surface area contributed by atoms with Gasteiger partial charge in [0.25, 0.3) is 11.1 Å². The van der Waals surface area contributed by atoms with E-state index in [0.29, 0.717) is 42.3 Å². The zero-order chi connectivity index (χ0) is 18.5. The third kappa shape index (κ3) is 4.37. The molecule has 1 aromatic carbocycles. The molecule has 0 spiro atoms. The summed E-state index contributed by atoms with van der Waals surface area (Å²) in [5.74, 6) is 1.91. The SMILES string of the molecule is C=C(C)CN(CC)C(=O)CSc1nnc(C2COc3ccccc3O2)o1. The molecule has 0 N–H and O–H groups in total. The topological polar surface area (TPSA) is 77.7 Å². The quantitative estimate of drug-likeness (QED) is 0.543. The number of aromatic nitrogens is 2. The van der Waals surface area contributed by atoms with Gasteiger partial charge in [-0.1, -0.05) is 36.0 Å². The van der Waals surface area contributed by atoms with Gasteiger partial charge in [0.05, 0.1) is 5.75 Å². The van der Waals surface area contributed by atoms with Crippen LogP contribution in [0.1, 0.15) is 25.8 Å². The maximum atomic E-state index is 12.3. The summed E-state index contributed by atoms with van der Waals surface area (Å²) in [5.41, 5.74) is 0.944. The minimum Gasteiger partial charge on any atom is -0.485 e. The van der Waals surface area contributed by atoms with Crippen molar-refractivity contribution in [1.29, 1.82) is 0 Å². The number of nitrogens with zero attached hydrogens (tertiary/aromatic N) is 3. The maximum absolute atomic E-state index is 12.3. The summed E-state index contributed by atoms with van der Waals surface area (Å²) in [7, 11) is 0. The molecule has 7 nitrogen and oxygen atoms in total. The summed E-state index contributed by atoms with van der Waals surface area (Å²) < 4.78 is 17.1. The Morgan fingerprint density at radius 1 is 1.35 bits per heavy atom. The van der Waals surface area contributed by atoms with Crippen LogP contribution in [0, 0.1) is 0 Å². The van der Waals surface area contributed by atoms with Gasteiger partial charge in [0.2, 0.25) is 12.0 Å². The van der Waals surface area contributed by atoms with Crippen molar-refractivity contribution in [3.05, 3.63) is 42.3 Å². The number of hydrogen-bond donors (Lipinski definition) is 0. The summed E-state index contributed by atoms with van der Waals surface area (Å²) in [6.45, 7) is 9.17. The fraction of sp³-hybridized carbons (Fsp3) is 0.389. The molecule has 1 aromatic heterocycles. The highest BCUT2D eigenvalue weighted by Gasteiger charge is 2.27. The first-order valence-corrected chi connectivity index (χ1v) is 9.32. The molecule has 1 amide bonds. The van der Waals surface area contributed by atoms with Crippen molar-refractivity contribution in [2.45, 2.75) is 25.2 Å². The molecule has 0 aliphatic carbocycles. The number of carbonyl (C=O) groups is 1. The van der Waals surface area contributed by atoms with Crippen molar-refractivity contribution in [2.24, 2.45) is 0 Å². The summed E-state index contributed by atoms with van der Waals surface area (Å²) in [6.07, 6.45) is -0.460. The summed E-state index contributed by atoms with van der Waals surface area (Å²) in [5, 5.41) is 8.35. The number of carbonyl (C=O) groups excluding carboxylic acids is 1. The van der Waals surface area contributed by atoms with Crippen molar-refractivity contribution >= 4 is 17.7 Å². The molecule has 0 radical (unpaired) electrons. The van der Waals surface area contributed by atoms with Crippen LogP contribution in [0.15, 0.2) is 46.1 Å². The van der Waals surface area contributed by atoms with E-state index in [0.717, 1.165) is 5.57 Å². The van der Waals surface area contributed by atoms with E-state index in [2.05, 4.69) is 16.8 Å². The smallest absolute Gasteiger partial charge is 0.277 e. The molecule has 8 heteroatoms. The molecule has 0 saturated heterocycles. The van der Waals surface area contributed by atoms with E-state index in [9.17, 15) is 4.79 Å². The summed E-state index contributed by atoms with van der Waals surface area (Å²) >= 11 is 1.21. The molecule has 0 fully saturated rings. The van der Waals surface area contributed by atoms with Crippen LogP contribution in [0.25, 0.3) is 0 Å². The molecule has 138 valence electrons. The number of likely N-dealkylation sites (N-methyl/N-ethyl adjacent to an activating group) is 1. The van der Waals surface area contributed by atoms with Crippen LogP contribution < -0.4 is 9.47 Å². The van der Waals surface area contributed by atoms with Crippen LogP contribution in [0.3, 0.4) is 0 Å². The number of fused-ring (bicyclic) bond motifs is 1. The minimum atomic E-state index is -0.460. The van der Waals surface area contributed by atoms with E-state index in [1.165, 1.54) is 11.8 Å². The maximum Gasteiger partial charge on any atom is 0.277 e. The Labute approximate surface area is 156 Å². The van der Waals surface area contributed by atoms with Gasteiger partial charge in [0, 0.05) is 13.1 Å². The molecule has 1 aliphatic heterocycles. The Bertz CT molecular complexity index is 792. The van der Waals surface area contributed by atoms with Gasteiger partial charge in [-0.2, -0.15) is 0 Å². The molecule has 26 heavy (non-hydrogen) atoms. The average molecular weight is 375 g/mol. The van der Waals surface area contributed by atoms with Crippen LogP contribution >= 0.6 is 11.8 Å². The molecule has 0 saturated carbocycles. The lowest BCUT2D eigenvalue weighted by Crippen LogP contribution is -2.33. The van der Waals surface area contributed by atoms with E-state index in [4.69, 9.17) is 13.9 Å². The van der Waals surface area contributed by atoms with Crippen LogP contribution in [0.2, 0.25) is 0 Å². The van der Waals surface area contributed by atoms with Gasteiger partial charge >= 0.3 is 0 Å². The molecular formula is C18H21N3O4S. The predicted octanol–water partition coefficient (Wildman–Crippen LogP) is 3.10. The Morgan fingerprint density at radius 2 is 2.12 bits per heavy atom. The molecule has 1 aliphatic rings. The Balaban J connectivity index is 1.57. The van der Waals surface area contributed by atoms with Gasteiger partial charge in [-0.15, -0.1) is 10.2 Å². The first-order valence-electron chi connectivity index (χ1n) is 8.33. The fourth-order valence-electron chi connectivity index (χ4n) is 2.47. The van der Waals surface area contributed by atoms with Crippen molar-refractivity contribution in [1.82, 2.24) is 15.1 Å². The van der Waals surface area contributed by atoms with Gasteiger partial charge in [-0.3, -0.25) is 4.79 Å². The molecule has 2 aromatic rings. The number of para-hydroxylation sites is 2. The highest BCUT2D eigenvalue weighted by Crippen LogP contribution is 2.35. The summed E-state index contributed by atoms with van der Waals surface area (Å²) in [6, 6.07) is 7.42. The zero-order valence-electron chi connectivity index (χ0n) is 14.8. The van der Waals surface area contributed by atoms with Crippen molar-refractivity contribution in [3.8, 4) is 11.5 Å². The third-order valence-electron chi connectivity index (χ3n) is 3.72. The molecular weight excluding hydrogens is 354 g/mol. The highest BCUT2D eigenvalue weighted by atomic mass is 32.2. The van der Waals surface area contributed by atoms with Gasteiger partial charge < -0.3 is 18.8 Å². The number of amides is 1. The monoisotopic (exact) mass is 375 g/mol. The van der Waals surface area contributed by atoms with Crippen molar-refractivity contribution < 1.29 is 18.7 Å². The van der Waals surface area contributed by atoms with Gasteiger partial charge in [-0.25, -0.2) is 0 Å². The van der Waals surface area contributed by atoms with E-state index < -0.39 is 6.10 Å². The second-order valence-corrected chi connectivity index (χ2v) is 6.85. The average Bonchev–Trinajstić information content (AvgIpc) is 3.12. The normalized spacial score (nSPS) is 15.5. The van der Waals surface area contributed by atoms with Gasteiger partial charge in [0.1, 0.15) is 6.61 Å². The highest BCUT2D eigenvalue weighted by molar-refractivity contribution is 7.99. The Hall–Kier alpha value is -2.48. The number of hydrogen-bond acceptors (Lipinski definition) is 7. The van der Waals surface area contributed by atoms with Crippen LogP contribution in [-0.2, 0) is 4.79 Å². The van der Waals surface area contributed by atoms with E-state index in [1.807, 2.05) is 38.1 Å². The second-order valence-electron chi connectivity index (χ2n) is 5.92. The lowest BCUT2D eigenvalue weighted by atomic mass is 10.2. The van der Waals surface area contributed by atoms with Gasteiger partial charge in [0.15, 0.2) is 11.5 Å². The van der Waals surface area contributed by atoms with Gasteiger partial charge in [-0.05, 0) is 26.0 Å². The number of thioether (sulfide) groups is 1. The molecule has 0 bridgehead atoms. The third-order valence-corrected chi connectivity index (χ3v) is 4.52. The standard InChI is InChI=1S/C18H21N3O4S/c1-4-21(9-12(2)3)16(22)11-26-18-20-19-17(25-18)15-10-23-13-7-5-6-8-14(13)24-15/h5-8,15H,2,4,9-11H2,1,3H3. The number of benzene rings is 1. The fourth-order valence-corrected chi connectivity index (χ4v) is 3.14. The van der Waals surface area contributed by atoms with E-state index >= 15 is 0 Å². The lowest BCUT2D eigenvalue weighted by molar-refractivity contribution is -0.127. The molecule has 3 rings (SSSR count). The molecule has 2 heterocycles. The van der Waals surface area contributed by atoms with Crippen molar-refractivity contribution in [3.63, 3.8) is 0 Å². The first kappa shape index (κ1) is 18.3. The largest absolute Gasteiger partial charge is 0.485 e. The Morgan fingerprint density at radius 3 is 2.85 bits per heavy atom. The minimum absolute atomic E-state index is 0.00595. The van der Waals surface area contributed by atoms with E-state index in [1.54, 1.807) is 4.90 Å². The van der Waals surface area contributed by atoms with Crippen LogP contribution in [0.5, 0.6) is 11.5 Å². The first-order chi connectivity index (χ1) is 12.6. The number of rotatable bonds is 7. The van der Waals surface area contributed by atoms with Crippen molar-refractivity contribution in [2.75, 3.05) is 25.4 Å². The van der Waals surface area contributed by atoms with E-state index in [-0.39, 0.29) is 11.7 Å². The van der Waals surface area contributed by atoms with Crippen LogP contribution in [0.4, 0.5) is 0 Å². The predicted molar refractivity (Wildman–Crippen MR) is 97.4 cm³/mol. The van der Waals surface area contributed by atoms with Crippen LogP contribution in [-0.4, -0.2) is 46.5 Å². The molecule has 1 atom stereocenters. The lowest BCUT2D eigenvalue weighted by Gasteiger charge is -2.23. The summed E-state index contributed by atoms with van der Waals surface area (Å²) in [4.78, 5) is 14.0. The molecule has 1 unspecified atom stereocenters.